The van der Waals surface area contributed by atoms with Crippen molar-refractivity contribution < 1.29 is 19.5 Å². The van der Waals surface area contributed by atoms with Crippen LogP contribution in [0.4, 0.5) is 0 Å². The molecule has 0 unspecified atom stereocenters. The van der Waals surface area contributed by atoms with Crippen molar-refractivity contribution in [3.63, 3.8) is 0 Å². The maximum Gasteiger partial charge on any atom is 6.00 e. The molecule has 0 aliphatic carbocycles. The molecule has 0 spiro atoms. The number of thiocarbonyl (C=S) groups is 1. The van der Waals surface area contributed by atoms with Crippen molar-refractivity contribution in [3.8, 4) is 0 Å². The molecule has 0 fully saturated rings. The Balaban J connectivity index is -0.0000000338. The SMILES string of the molecule is CCCCN(CCCl)C([S-])[S-].NC(=S)S.[CH3-].[CH3-].[CH3-].[CH3-].[Ru+6]. The predicted octanol–water partition coefficient (Wildman–Crippen LogP) is 3.66. The first-order chi connectivity index (χ1) is 6.95. The molecule has 0 aliphatic rings. The van der Waals surface area contributed by atoms with E-state index in [9.17, 15) is 0 Å². The first-order valence-electron chi connectivity index (χ1n) is 4.55. The van der Waals surface area contributed by atoms with Gasteiger partial charge in [-0.15, -0.1) is 24.2 Å². The average molecular weight is 466 g/mol. The minimum absolute atomic E-state index is 0. The van der Waals surface area contributed by atoms with Crippen LogP contribution >= 0.6 is 36.4 Å². The van der Waals surface area contributed by atoms with E-state index >= 15 is 0 Å². The van der Waals surface area contributed by atoms with Crippen molar-refractivity contribution in [1.29, 1.82) is 0 Å². The molecule has 0 saturated heterocycles. The number of nitrogens with two attached hydrogens (primary N) is 1. The Hall–Kier alpha value is 1.81. The first kappa shape index (κ1) is 43.1. The number of rotatable bonds is 6. The van der Waals surface area contributed by atoms with Gasteiger partial charge in [-0.2, -0.15) is 0 Å². The molecule has 0 rings (SSSR count). The van der Waals surface area contributed by atoms with E-state index in [1.165, 1.54) is 6.42 Å². The summed E-state index contributed by atoms with van der Waals surface area (Å²) in [5.74, 6) is 0.619. The second-order valence-electron chi connectivity index (χ2n) is 2.72. The molecule has 0 aromatic carbocycles. The van der Waals surface area contributed by atoms with Gasteiger partial charge in [0.25, 0.3) is 0 Å². The summed E-state index contributed by atoms with van der Waals surface area (Å²) >= 11 is 23.2. The van der Waals surface area contributed by atoms with Crippen LogP contribution in [0, 0.1) is 29.7 Å². The molecular formula is C12H29ClN2RuS4. The zero-order valence-electron chi connectivity index (χ0n) is 13.0. The van der Waals surface area contributed by atoms with Crippen LogP contribution in [0.5, 0.6) is 0 Å². The van der Waals surface area contributed by atoms with Gasteiger partial charge in [-0.05, 0) is 13.0 Å². The quantitative estimate of drug-likeness (QED) is 0.156. The molecule has 2 N–H and O–H groups in total. The predicted molar refractivity (Wildman–Crippen MR) is 107 cm³/mol. The van der Waals surface area contributed by atoms with E-state index < -0.39 is 0 Å². The monoisotopic (exact) mass is 466 g/mol. The summed E-state index contributed by atoms with van der Waals surface area (Å²) in [6.45, 7) is 3.96. The molecule has 0 aromatic heterocycles. The molecule has 0 aliphatic heterocycles. The third-order valence-electron chi connectivity index (χ3n) is 1.47. The van der Waals surface area contributed by atoms with Gasteiger partial charge in [-0.1, -0.05) is 25.6 Å². The summed E-state index contributed by atoms with van der Waals surface area (Å²) in [6.07, 6.45) is 2.33. The van der Waals surface area contributed by atoms with Crippen molar-refractivity contribution in [2.24, 2.45) is 5.73 Å². The minimum atomic E-state index is -0.194. The second-order valence-corrected chi connectivity index (χ2v) is 5.52. The first-order valence-corrected chi connectivity index (χ1v) is 6.89. The molecule has 20 heavy (non-hydrogen) atoms. The summed E-state index contributed by atoms with van der Waals surface area (Å²) in [7, 11) is 0. The van der Waals surface area contributed by atoms with E-state index in [2.05, 4.69) is 36.7 Å². The minimum Gasteiger partial charge on any atom is -0.800 e. The van der Waals surface area contributed by atoms with Crippen molar-refractivity contribution in [2.45, 2.75) is 24.5 Å². The topological polar surface area (TPSA) is 29.3 Å². The van der Waals surface area contributed by atoms with Crippen LogP contribution in [0.1, 0.15) is 19.8 Å². The van der Waals surface area contributed by atoms with Gasteiger partial charge in [0.15, 0.2) is 0 Å². The number of thiol groups is 1. The number of hydrogen-bond donors (Lipinski definition) is 2. The maximum absolute atomic E-state index is 5.59. The molecule has 0 heterocycles. The Labute approximate surface area is 168 Å². The van der Waals surface area contributed by atoms with Gasteiger partial charge >= 0.3 is 19.5 Å². The molecule has 0 saturated carbocycles. The van der Waals surface area contributed by atoms with E-state index in [-0.39, 0.29) is 58.2 Å². The molecular weight excluding hydrogens is 437 g/mol. The Bertz CT molecular complexity index is 162. The molecule has 0 amide bonds. The van der Waals surface area contributed by atoms with E-state index in [4.69, 9.17) is 42.6 Å². The summed E-state index contributed by atoms with van der Waals surface area (Å²) < 4.78 is 0.000278. The molecule has 126 valence electrons. The van der Waals surface area contributed by atoms with Crippen molar-refractivity contribution >= 4 is 66.0 Å². The van der Waals surface area contributed by atoms with Crippen LogP contribution in [0.3, 0.4) is 0 Å². The van der Waals surface area contributed by atoms with Gasteiger partial charge in [0.2, 0.25) is 0 Å². The Kier molecular flexibility index (Phi) is 70.4. The normalized spacial score (nSPS) is 7.55. The third-order valence-corrected chi connectivity index (χ3v) is 2.23. The number of unbranched alkanes of at least 4 members (excludes halogenated alkanes) is 1. The van der Waals surface area contributed by atoms with E-state index in [1.807, 2.05) is 0 Å². The smallest absolute Gasteiger partial charge is 0.800 e. The number of halogens is 1. The van der Waals surface area contributed by atoms with Gasteiger partial charge in [-0.25, -0.2) is 4.71 Å². The Morgan fingerprint density at radius 2 is 1.60 bits per heavy atom. The molecule has 0 bridgehead atoms. The van der Waals surface area contributed by atoms with E-state index in [0.717, 1.165) is 19.5 Å². The number of hydrogen-bond acceptors (Lipinski definition) is 4. The molecule has 8 heteroatoms. The number of nitrogens with zero attached hydrogens (tertiary/aromatic N) is 1. The van der Waals surface area contributed by atoms with Crippen LogP contribution in [-0.4, -0.2) is 32.9 Å². The van der Waals surface area contributed by atoms with Crippen LogP contribution in [-0.2, 0) is 44.7 Å². The molecule has 2 nitrogen and oxygen atoms in total. The second kappa shape index (κ2) is 32.7. The fourth-order valence-corrected chi connectivity index (χ4v) is 1.43. The van der Waals surface area contributed by atoms with Crippen molar-refractivity contribution in [1.82, 2.24) is 4.90 Å². The van der Waals surface area contributed by atoms with Crippen molar-refractivity contribution in [3.05, 3.63) is 29.7 Å². The zero-order chi connectivity index (χ0) is 12.3. The summed E-state index contributed by atoms with van der Waals surface area (Å²) in [5.41, 5.74) is 4.71. The van der Waals surface area contributed by atoms with Crippen LogP contribution in [0.25, 0.3) is 0 Å². The third kappa shape index (κ3) is 42.7. The van der Waals surface area contributed by atoms with Gasteiger partial charge in [0.05, 0.1) is 0 Å². The van der Waals surface area contributed by atoms with Crippen LogP contribution in [0.15, 0.2) is 0 Å². The fraction of sp³-hybridized carbons (Fsp3) is 0.583. The van der Waals surface area contributed by atoms with Gasteiger partial charge in [-0.3, -0.25) is 0 Å². The zero-order valence-corrected chi connectivity index (χ0v) is 18.9. The van der Waals surface area contributed by atoms with Gasteiger partial charge in [0, 0.05) is 12.4 Å². The maximum atomic E-state index is 5.59. The van der Waals surface area contributed by atoms with E-state index in [1.54, 1.807) is 0 Å². The van der Waals surface area contributed by atoms with Crippen LogP contribution in [0.2, 0.25) is 0 Å². The van der Waals surface area contributed by atoms with Crippen molar-refractivity contribution in [2.75, 3.05) is 19.0 Å². The van der Waals surface area contributed by atoms with E-state index in [0.29, 0.717) is 5.88 Å². The average Bonchev–Trinajstić information content (AvgIpc) is 2.10. The largest absolute Gasteiger partial charge is 6.00 e. The molecule has 0 radical (unpaired) electrons. The fourth-order valence-electron chi connectivity index (χ4n) is 0.792. The Morgan fingerprint density at radius 1 is 1.25 bits per heavy atom. The van der Waals surface area contributed by atoms with Crippen LogP contribution < -0.4 is 5.73 Å². The summed E-state index contributed by atoms with van der Waals surface area (Å²) in [4.78, 5) is 2.06. The molecule has 0 atom stereocenters. The Morgan fingerprint density at radius 3 is 1.80 bits per heavy atom. The number of alkyl halides is 1. The summed E-state index contributed by atoms with van der Waals surface area (Å²) in [5, 5.41) is 0. The summed E-state index contributed by atoms with van der Waals surface area (Å²) in [6, 6.07) is 0. The molecule has 0 aromatic rings. The van der Waals surface area contributed by atoms with Gasteiger partial charge in [0.1, 0.15) is 4.32 Å². The standard InChI is InChI=1S/C7H16ClNS2.CH3NS2.4CH3.Ru/c1-2-3-5-9(6-4-8)7(10)11;2-1(3)4;;;;;/h7,10-11H,2-6H2,1H3;(H3,2,3,4);4*1H3;/q;;4*-1;+6/p-2. The van der Waals surface area contributed by atoms with Gasteiger partial charge < -0.3 is 65.6 Å².